The van der Waals surface area contributed by atoms with Gasteiger partial charge in [-0.2, -0.15) is 0 Å². The molecule has 0 aromatic carbocycles. The van der Waals surface area contributed by atoms with Crippen molar-refractivity contribution >= 4 is 17.4 Å². The molecule has 100 valence electrons. The van der Waals surface area contributed by atoms with Gasteiger partial charge in [0.05, 0.1) is 11.3 Å². The Labute approximate surface area is 111 Å². The quantitative estimate of drug-likeness (QED) is 0.882. The van der Waals surface area contributed by atoms with Gasteiger partial charge in [0, 0.05) is 24.5 Å². The van der Waals surface area contributed by atoms with Crippen LogP contribution in [0.4, 0.5) is 11.5 Å². The maximum Gasteiger partial charge on any atom is 0.260 e. The summed E-state index contributed by atoms with van der Waals surface area (Å²) in [5.41, 5.74) is 2.09. The van der Waals surface area contributed by atoms with E-state index >= 15 is 0 Å². The van der Waals surface area contributed by atoms with E-state index in [9.17, 15) is 4.79 Å². The summed E-state index contributed by atoms with van der Waals surface area (Å²) in [6.45, 7) is 6.34. The molecule has 2 heterocycles. The van der Waals surface area contributed by atoms with Crippen LogP contribution in [0.2, 0.25) is 0 Å². The van der Waals surface area contributed by atoms with Crippen LogP contribution in [0.3, 0.4) is 0 Å². The topological polar surface area (TPSA) is 80.0 Å². The summed E-state index contributed by atoms with van der Waals surface area (Å²) < 4.78 is 4.90. The molecule has 0 unspecified atom stereocenters. The summed E-state index contributed by atoms with van der Waals surface area (Å²) in [5.74, 6) is 0.770. The molecule has 2 N–H and O–H groups in total. The zero-order valence-corrected chi connectivity index (χ0v) is 11.2. The molecule has 2 rings (SSSR count). The molecule has 0 saturated carbocycles. The lowest BCUT2D eigenvalue weighted by atomic mass is 10.2. The number of nitrogens with one attached hydrogen (secondary N) is 2. The SMILES string of the molecule is CCNc1cc(C)ncc1C(=O)Nc1cc(C)on1. The van der Waals surface area contributed by atoms with Crippen molar-refractivity contribution in [2.45, 2.75) is 20.8 Å². The summed E-state index contributed by atoms with van der Waals surface area (Å²) in [4.78, 5) is 16.3. The Balaban J connectivity index is 2.23. The van der Waals surface area contributed by atoms with E-state index in [-0.39, 0.29) is 5.91 Å². The highest BCUT2D eigenvalue weighted by Crippen LogP contribution is 2.17. The molecule has 6 heteroatoms. The average molecular weight is 260 g/mol. The van der Waals surface area contributed by atoms with E-state index in [2.05, 4.69) is 20.8 Å². The zero-order chi connectivity index (χ0) is 13.8. The van der Waals surface area contributed by atoms with Crippen LogP contribution in [0, 0.1) is 13.8 Å². The van der Waals surface area contributed by atoms with Crippen LogP contribution in [0.15, 0.2) is 22.9 Å². The standard InChI is InChI=1S/C13H16N4O2/c1-4-14-11-5-8(2)15-7-10(11)13(18)16-12-6-9(3)19-17-12/h5-7H,4H2,1-3H3,(H,14,15)(H,16,17,18). The van der Waals surface area contributed by atoms with E-state index in [1.807, 2.05) is 19.9 Å². The van der Waals surface area contributed by atoms with Crippen molar-refractivity contribution < 1.29 is 9.32 Å². The maximum atomic E-state index is 12.2. The van der Waals surface area contributed by atoms with Crippen LogP contribution >= 0.6 is 0 Å². The molecule has 0 radical (unpaired) electrons. The van der Waals surface area contributed by atoms with E-state index in [1.54, 1.807) is 19.2 Å². The Morgan fingerprint density at radius 1 is 1.37 bits per heavy atom. The molecule has 0 aliphatic heterocycles. The number of hydrogen-bond donors (Lipinski definition) is 2. The number of carbonyl (C=O) groups excluding carboxylic acids is 1. The largest absolute Gasteiger partial charge is 0.385 e. The molecule has 6 nitrogen and oxygen atoms in total. The Morgan fingerprint density at radius 3 is 2.79 bits per heavy atom. The molecule has 0 aliphatic rings. The second-order valence-corrected chi connectivity index (χ2v) is 4.18. The van der Waals surface area contributed by atoms with Crippen LogP contribution in [0.25, 0.3) is 0 Å². The van der Waals surface area contributed by atoms with Crippen LogP contribution in [-0.4, -0.2) is 22.6 Å². The van der Waals surface area contributed by atoms with Gasteiger partial charge in [-0.15, -0.1) is 0 Å². The normalized spacial score (nSPS) is 10.3. The van der Waals surface area contributed by atoms with Crippen molar-refractivity contribution in [2.75, 3.05) is 17.2 Å². The lowest BCUT2D eigenvalue weighted by molar-refractivity contribution is 0.102. The molecule has 0 spiro atoms. The first-order valence-corrected chi connectivity index (χ1v) is 6.05. The third-order valence-electron chi connectivity index (χ3n) is 2.52. The number of aromatic nitrogens is 2. The van der Waals surface area contributed by atoms with Crippen molar-refractivity contribution in [2.24, 2.45) is 0 Å². The zero-order valence-electron chi connectivity index (χ0n) is 11.2. The number of pyridine rings is 1. The minimum atomic E-state index is -0.267. The summed E-state index contributed by atoms with van der Waals surface area (Å²) >= 11 is 0. The van der Waals surface area contributed by atoms with Crippen LogP contribution in [0.1, 0.15) is 28.7 Å². The van der Waals surface area contributed by atoms with Gasteiger partial charge >= 0.3 is 0 Å². The predicted molar refractivity (Wildman–Crippen MR) is 72.3 cm³/mol. The Hall–Kier alpha value is -2.37. The predicted octanol–water partition coefficient (Wildman–Crippen LogP) is 2.37. The number of nitrogens with zero attached hydrogens (tertiary/aromatic N) is 2. The molecular weight excluding hydrogens is 244 g/mol. The highest BCUT2D eigenvalue weighted by Gasteiger charge is 2.13. The number of anilines is 2. The fourth-order valence-electron chi connectivity index (χ4n) is 1.69. The molecule has 0 aliphatic carbocycles. The van der Waals surface area contributed by atoms with Gasteiger partial charge in [-0.3, -0.25) is 9.78 Å². The fourth-order valence-corrected chi connectivity index (χ4v) is 1.69. The van der Waals surface area contributed by atoms with Gasteiger partial charge in [0.2, 0.25) is 0 Å². The van der Waals surface area contributed by atoms with Gasteiger partial charge in [-0.05, 0) is 26.8 Å². The highest BCUT2D eigenvalue weighted by atomic mass is 16.5. The first kappa shape index (κ1) is 13.1. The molecule has 1 amide bonds. The van der Waals surface area contributed by atoms with E-state index in [1.165, 1.54) is 0 Å². The van der Waals surface area contributed by atoms with E-state index in [0.717, 1.165) is 17.9 Å². The third-order valence-corrected chi connectivity index (χ3v) is 2.52. The number of rotatable bonds is 4. The van der Waals surface area contributed by atoms with Crippen LogP contribution in [-0.2, 0) is 0 Å². The number of carbonyl (C=O) groups is 1. The second-order valence-electron chi connectivity index (χ2n) is 4.18. The van der Waals surface area contributed by atoms with Gasteiger partial charge in [0.25, 0.3) is 5.91 Å². The Morgan fingerprint density at radius 2 is 2.16 bits per heavy atom. The maximum absolute atomic E-state index is 12.2. The molecule has 19 heavy (non-hydrogen) atoms. The van der Waals surface area contributed by atoms with Gasteiger partial charge in [-0.1, -0.05) is 5.16 Å². The average Bonchev–Trinajstić information content (AvgIpc) is 2.75. The van der Waals surface area contributed by atoms with Crippen molar-refractivity contribution in [3.05, 3.63) is 35.3 Å². The fraction of sp³-hybridized carbons (Fsp3) is 0.308. The van der Waals surface area contributed by atoms with Crippen LogP contribution in [0.5, 0.6) is 0 Å². The first-order valence-electron chi connectivity index (χ1n) is 6.05. The monoisotopic (exact) mass is 260 g/mol. The molecule has 0 fully saturated rings. The Kier molecular flexibility index (Phi) is 3.79. The highest BCUT2D eigenvalue weighted by molar-refractivity contribution is 6.07. The molecule has 0 saturated heterocycles. The molecule has 0 atom stereocenters. The molecular formula is C13H16N4O2. The van der Waals surface area contributed by atoms with E-state index < -0.39 is 0 Å². The molecule has 2 aromatic heterocycles. The minimum Gasteiger partial charge on any atom is -0.385 e. The van der Waals surface area contributed by atoms with Crippen molar-refractivity contribution in [1.82, 2.24) is 10.1 Å². The minimum absolute atomic E-state index is 0.267. The van der Waals surface area contributed by atoms with Gasteiger partial charge < -0.3 is 15.2 Å². The second kappa shape index (κ2) is 5.51. The molecule has 2 aromatic rings. The third kappa shape index (κ3) is 3.09. The van der Waals surface area contributed by atoms with E-state index in [0.29, 0.717) is 17.1 Å². The van der Waals surface area contributed by atoms with Crippen molar-refractivity contribution in [3.8, 4) is 0 Å². The lowest BCUT2D eigenvalue weighted by Crippen LogP contribution is -2.15. The van der Waals surface area contributed by atoms with Crippen molar-refractivity contribution in [1.29, 1.82) is 0 Å². The number of aryl methyl sites for hydroxylation is 2. The van der Waals surface area contributed by atoms with Crippen molar-refractivity contribution in [3.63, 3.8) is 0 Å². The van der Waals surface area contributed by atoms with Crippen LogP contribution < -0.4 is 10.6 Å². The van der Waals surface area contributed by atoms with E-state index in [4.69, 9.17) is 4.52 Å². The molecule has 0 bridgehead atoms. The summed E-state index contributed by atoms with van der Waals surface area (Å²) in [5, 5.41) is 9.54. The summed E-state index contributed by atoms with van der Waals surface area (Å²) in [6.07, 6.45) is 1.55. The number of hydrogen-bond acceptors (Lipinski definition) is 5. The smallest absolute Gasteiger partial charge is 0.260 e. The summed E-state index contributed by atoms with van der Waals surface area (Å²) in [6, 6.07) is 3.50. The lowest BCUT2D eigenvalue weighted by Gasteiger charge is -2.10. The summed E-state index contributed by atoms with van der Waals surface area (Å²) in [7, 11) is 0. The Bertz CT molecular complexity index is 592. The number of amides is 1. The first-order chi connectivity index (χ1) is 9.10. The van der Waals surface area contributed by atoms with Gasteiger partial charge in [-0.25, -0.2) is 0 Å². The van der Waals surface area contributed by atoms with Gasteiger partial charge in [0.15, 0.2) is 5.82 Å². The van der Waals surface area contributed by atoms with Gasteiger partial charge in [0.1, 0.15) is 5.76 Å².